The average Bonchev–Trinajstić information content (AvgIpc) is 2.85. The maximum Gasteiger partial charge on any atom is 0.240 e. The zero-order chi connectivity index (χ0) is 17.3. The fraction of sp³-hybridized carbons (Fsp3) is 0.889. The molecule has 1 aliphatic carbocycles. The SMILES string of the molecule is O=C(C[C@H]1CCS(=O)(=O)C1)NN=C1CCCCCCCCCCC1. The first-order valence-electron chi connectivity index (χ1n) is 9.60. The normalized spacial score (nSPS) is 26.2. The van der Waals surface area contributed by atoms with Gasteiger partial charge in [-0.3, -0.25) is 4.79 Å². The number of rotatable bonds is 3. The third-order valence-corrected chi connectivity index (χ3v) is 6.91. The first-order valence-corrected chi connectivity index (χ1v) is 11.4. The number of carbonyl (C=O) groups excluding carboxylic acids is 1. The molecule has 0 spiro atoms. The zero-order valence-corrected chi connectivity index (χ0v) is 15.6. The molecule has 1 amide bonds. The average molecular weight is 357 g/mol. The summed E-state index contributed by atoms with van der Waals surface area (Å²) < 4.78 is 22.9. The number of hydrazone groups is 1. The van der Waals surface area contributed by atoms with Crippen LogP contribution in [0.4, 0.5) is 0 Å². The highest BCUT2D eigenvalue weighted by Gasteiger charge is 2.29. The van der Waals surface area contributed by atoms with Gasteiger partial charge in [-0.2, -0.15) is 5.10 Å². The van der Waals surface area contributed by atoms with Crippen LogP contribution in [0.5, 0.6) is 0 Å². The van der Waals surface area contributed by atoms with Crippen molar-refractivity contribution in [2.24, 2.45) is 11.0 Å². The molecular weight excluding hydrogens is 324 g/mol. The van der Waals surface area contributed by atoms with Gasteiger partial charge in [0.15, 0.2) is 9.84 Å². The molecule has 5 nitrogen and oxygen atoms in total. The van der Waals surface area contributed by atoms with E-state index in [-0.39, 0.29) is 29.8 Å². The smallest absolute Gasteiger partial charge is 0.240 e. The molecule has 2 fully saturated rings. The van der Waals surface area contributed by atoms with Crippen LogP contribution in [0.1, 0.15) is 83.5 Å². The minimum absolute atomic E-state index is 0.0356. The van der Waals surface area contributed by atoms with Crippen LogP contribution in [0.25, 0.3) is 0 Å². The monoisotopic (exact) mass is 356 g/mol. The Kier molecular flexibility index (Phi) is 8.22. The van der Waals surface area contributed by atoms with E-state index in [0.29, 0.717) is 6.42 Å². The van der Waals surface area contributed by atoms with Gasteiger partial charge in [0.2, 0.25) is 5.91 Å². The van der Waals surface area contributed by atoms with E-state index in [9.17, 15) is 13.2 Å². The summed E-state index contributed by atoms with van der Waals surface area (Å²) in [5.41, 5.74) is 3.77. The Balaban J connectivity index is 1.77. The van der Waals surface area contributed by atoms with Gasteiger partial charge >= 0.3 is 0 Å². The summed E-state index contributed by atoms with van der Waals surface area (Å²) in [6.07, 6.45) is 14.3. The van der Waals surface area contributed by atoms with Gasteiger partial charge in [-0.25, -0.2) is 13.8 Å². The molecule has 24 heavy (non-hydrogen) atoms. The van der Waals surface area contributed by atoms with Crippen LogP contribution >= 0.6 is 0 Å². The molecule has 0 bridgehead atoms. The van der Waals surface area contributed by atoms with Gasteiger partial charge in [0.05, 0.1) is 11.5 Å². The summed E-state index contributed by atoms with van der Waals surface area (Å²) in [5, 5.41) is 4.36. The number of hydrogen-bond donors (Lipinski definition) is 1. The van der Waals surface area contributed by atoms with Gasteiger partial charge in [0.1, 0.15) is 0 Å². The van der Waals surface area contributed by atoms with E-state index in [1.165, 1.54) is 44.9 Å². The first-order chi connectivity index (χ1) is 11.6. The molecule has 0 aromatic heterocycles. The number of nitrogens with zero attached hydrogens (tertiary/aromatic N) is 1. The lowest BCUT2D eigenvalue weighted by molar-refractivity contribution is -0.121. The molecule has 1 N–H and O–H groups in total. The van der Waals surface area contributed by atoms with Crippen molar-refractivity contribution >= 4 is 21.5 Å². The second-order valence-electron chi connectivity index (χ2n) is 7.37. The lowest BCUT2D eigenvalue weighted by Gasteiger charge is -2.10. The Morgan fingerprint density at radius 3 is 2.00 bits per heavy atom. The Bertz CT molecular complexity index is 514. The van der Waals surface area contributed by atoms with E-state index in [1.807, 2.05) is 0 Å². The minimum atomic E-state index is -2.92. The minimum Gasteiger partial charge on any atom is -0.273 e. The molecule has 1 saturated carbocycles. The predicted octanol–water partition coefficient (Wildman–Crippen LogP) is 3.59. The molecule has 0 radical (unpaired) electrons. The molecule has 0 aromatic carbocycles. The van der Waals surface area contributed by atoms with Crippen LogP contribution in [0, 0.1) is 5.92 Å². The van der Waals surface area contributed by atoms with Crippen LogP contribution in [-0.2, 0) is 14.6 Å². The van der Waals surface area contributed by atoms with Gasteiger partial charge in [-0.15, -0.1) is 0 Å². The van der Waals surface area contributed by atoms with Crippen molar-refractivity contribution in [3.05, 3.63) is 0 Å². The molecule has 6 heteroatoms. The fourth-order valence-electron chi connectivity index (χ4n) is 3.61. The Hall–Kier alpha value is -0.910. The summed E-state index contributed by atoms with van der Waals surface area (Å²) in [7, 11) is -2.92. The summed E-state index contributed by atoms with van der Waals surface area (Å²) in [6.45, 7) is 0. The lowest BCUT2D eigenvalue weighted by Crippen LogP contribution is -2.23. The third kappa shape index (κ3) is 7.77. The van der Waals surface area contributed by atoms with Gasteiger partial charge in [0, 0.05) is 12.1 Å². The molecule has 1 atom stereocenters. The van der Waals surface area contributed by atoms with Crippen molar-refractivity contribution in [3.8, 4) is 0 Å². The standard InChI is InChI=1S/C18H32N2O3S/c21-18(14-16-12-13-24(22,23)15-16)20-19-17-10-8-6-4-2-1-3-5-7-9-11-17/h16H,1-15H2,(H,20,21)/t16-/m1/s1. The second kappa shape index (κ2) is 10.2. The van der Waals surface area contributed by atoms with Crippen molar-refractivity contribution in [2.45, 2.75) is 83.5 Å². The molecule has 1 heterocycles. The molecule has 1 aliphatic heterocycles. The van der Waals surface area contributed by atoms with Crippen molar-refractivity contribution in [1.82, 2.24) is 5.43 Å². The van der Waals surface area contributed by atoms with E-state index in [1.54, 1.807) is 0 Å². The summed E-state index contributed by atoms with van der Waals surface area (Å²) in [4.78, 5) is 12.0. The van der Waals surface area contributed by atoms with E-state index in [2.05, 4.69) is 10.5 Å². The van der Waals surface area contributed by atoms with Gasteiger partial charge < -0.3 is 0 Å². The van der Waals surface area contributed by atoms with Gasteiger partial charge in [-0.05, 0) is 38.0 Å². The maximum atomic E-state index is 12.0. The lowest BCUT2D eigenvalue weighted by atomic mass is 10.00. The fourth-order valence-corrected chi connectivity index (χ4v) is 5.48. The number of sulfone groups is 1. The highest BCUT2D eigenvalue weighted by atomic mass is 32.2. The molecular formula is C18H32N2O3S. The zero-order valence-electron chi connectivity index (χ0n) is 14.8. The topological polar surface area (TPSA) is 75.6 Å². The highest BCUT2D eigenvalue weighted by molar-refractivity contribution is 7.91. The number of hydrogen-bond acceptors (Lipinski definition) is 4. The molecule has 0 unspecified atom stereocenters. The van der Waals surface area contributed by atoms with E-state index in [0.717, 1.165) is 31.4 Å². The van der Waals surface area contributed by atoms with Gasteiger partial charge in [-0.1, -0.05) is 44.9 Å². The Labute approximate surface area is 146 Å². The van der Waals surface area contributed by atoms with Crippen LogP contribution in [0.3, 0.4) is 0 Å². The van der Waals surface area contributed by atoms with Crippen LogP contribution < -0.4 is 5.43 Å². The van der Waals surface area contributed by atoms with Crippen LogP contribution in [0.2, 0.25) is 0 Å². The number of nitrogens with one attached hydrogen (secondary N) is 1. The third-order valence-electron chi connectivity index (χ3n) is 5.07. The summed E-state index contributed by atoms with van der Waals surface area (Å²) in [6, 6.07) is 0. The second-order valence-corrected chi connectivity index (χ2v) is 9.60. The van der Waals surface area contributed by atoms with Gasteiger partial charge in [0.25, 0.3) is 0 Å². The Morgan fingerprint density at radius 1 is 0.958 bits per heavy atom. The number of carbonyl (C=O) groups is 1. The summed E-state index contributed by atoms with van der Waals surface area (Å²) >= 11 is 0. The van der Waals surface area contributed by atoms with E-state index in [4.69, 9.17) is 0 Å². The Morgan fingerprint density at radius 2 is 1.50 bits per heavy atom. The molecule has 2 rings (SSSR count). The molecule has 0 aromatic rings. The van der Waals surface area contributed by atoms with Crippen molar-refractivity contribution in [2.75, 3.05) is 11.5 Å². The molecule has 1 saturated heterocycles. The van der Waals surface area contributed by atoms with Crippen molar-refractivity contribution < 1.29 is 13.2 Å². The van der Waals surface area contributed by atoms with E-state index < -0.39 is 9.84 Å². The number of amides is 1. The van der Waals surface area contributed by atoms with Crippen LogP contribution in [-0.4, -0.2) is 31.5 Å². The summed E-state index contributed by atoms with van der Waals surface area (Å²) in [5.74, 6) is 0.193. The largest absolute Gasteiger partial charge is 0.273 e. The first kappa shape index (κ1) is 19.4. The highest BCUT2D eigenvalue weighted by Crippen LogP contribution is 2.21. The quantitative estimate of drug-likeness (QED) is 0.785. The van der Waals surface area contributed by atoms with Crippen molar-refractivity contribution in [1.29, 1.82) is 0 Å². The molecule has 2 aliphatic rings. The van der Waals surface area contributed by atoms with E-state index >= 15 is 0 Å². The maximum absolute atomic E-state index is 12.0. The predicted molar refractivity (Wildman–Crippen MR) is 97.7 cm³/mol. The molecule has 138 valence electrons. The van der Waals surface area contributed by atoms with Crippen LogP contribution in [0.15, 0.2) is 5.10 Å². The van der Waals surface area contributed by atoms with Crippen molar-refractivity contribution in [3.63, 3.8) is 0 Å².